The Balaban J connectivity index is 1.32. The fourth-order valence-corrected chi connectivity index (χ4v) is 3.58. The van der Waals surface area contributed by atoms with Crippen LogP contribution in [0, 0.1) is 0 Å². The van der Waals surface area contributed by atoms with Crippen molar-refractivity contribution in [2.75, 3.05) is 5.32 Å². The van der Waals surface area contributed by atoms with E-state index in [1.807, 2.05) is 39.0 Å². The van der Waals surface area contributed by atoms with Gasteiger partial charge in [-0.15, -0.1) is 0 Å². The van der Waals surface area contributed by atoms with E-state index in [1.165, 1.54) is 0 Å². The van der Waals surface area contributed by atoms with Crippen LogP contribution in [0.5, 0.6) is 0 Å². The molecule has 0 bridgehead atoms. The number of carbonyl (C=O) groups excluding carboxylic acids is 2. The topological polar surface area (TPSA) is 131 Å². The number of aromatic nitrogens is 3. The van der Waals surface area contributed by atoms with Crippen LogP contribution in [0.3, 0.4) is 0 Å². The summed E-state index contributed by atoms with van der Waals surface area (Å²) in [5.41, 5.74) is 4.21. The molecule has 0 aliphatic heterocycles. The minimum atomic E-state index is -0.541. The third kappa shape index (κ3) is 5.51. The summed E-state index contributed by atoms with van der Waals surface area (Å²) in [6, 6.07) is 6.97. The Morgan fingerprint density at radius 1 is 1.19 bits per heavy atom. The van der Waals surface area contributed by atoms with Crippen molar-refractivity contribution in [3.63, 3.8) is 0 Å². The van der Waals surface area contributed by atoms with Gasteiger partial charge in [0.2, 0.25) is 0 Å². The summed E-state index contributed by atoms with van der Waals surface area (Å²) >= 11 is 0. The Kier molecular flexibility index (Phi) is 5.93. The van der Waals surface area contributed by atoms with Crippen LogP contribution in [0.4, 0.5) is 15.3 Å². The van der Waals surface area contributed by atoms with Crippen molar-refractivity contribution < 1.29 is 19.0 Å². The number of aryl methyl sites for hydroxylation is 1. The van der Waals surface area contributed by atoms with Gasteiger partial charge in [0, 0.05) is 18.3 Å². The zero-order valence-electron chi connectivity index (χ0n) is 18.3. The highest BCUT2D eigenvalue weighted by molar-refractivity contribution is 5.89. The Morgan fingerprint density at radius 3 is 2.81 bits per heavy atom. The van der Waals surface area contributed by atoms with Gasteiger partial charge < -0.3 is 20.7 Å². The Bertz CT molecular complexity index is 1140. The van der Waals surface area contributed by atoms with Crippen LogP contribution in [-0.4, -0.2) is 39.1 Å². The summed E-state index contributed by atoms with van der Waals surface area (Å²) in [7, 11) is 0. The van der Waals surface area contributed by atoms with E-state index in [2.05, 4.69) is 35.9 Å². The number of carbonyl (C=O) groups is 2. The van der Waals surface area contributed by atoms with Gasteiger partial charge in [0.15, 0.2) is 0 Å². The second kappa shape index (κ2) is 8.81. The minimum absolute atomic E-state index is 0.0378. The fraction of sp³-hybridized carbons (Fsp3) is 0.409. The monoisotopic (exact) mass is 438 g/mol. The van der Waals surface area contributed by atoms with Crippen LogP contribution in [0.15, 0.2) is 35.1 Å². The molecule has 0 radical (unpaired) electrons. The van der Waals surface area contributed by atoms with Gasteiger partial charge in [-0.3, -0.25) is 4.98 Å². The van der Waals surface area contributed by atoms with Crippen molar-refractivity contribution in [1.82, 2.24) is 25.9 Å². The average molecular weight is 438 g/mol. The molecule has 0 saturated carbocycles. The zero-order valence-corrected chi connectivity index (χ0v) is 18.3. The molecule has 3 amide bonds. The Hall–Kier alpha value is -3.69. The number of amides is 3. The van der Waals surface area contributed by atoms with Gasteiger partial charge >= 0.3 is 12.1 Å². The summed E-state index contributed by atoms with van der Waals surface area (Å²) in [5, 5.41) is 16.1. The van der Waals surface area contributed by atoms with Gasteiger partial charge in [-0.2, -0.15) is 0 Å². The van der Waals surface area contributed by atoms with E-state index in [4.69, 9.17) is 4.74 Å². The molecular formula is C22H26N6O4. The Morgan fingerprint density at radius 2 is 2.00 bits per heavy atom. The Labute approximate surface area is 185 Å². The van der Waals surface area contributed by atoms with Crippen molar-refractivity contribution in [2.45, 2.75) is 58.2 Å². The number of urea groups is 1. The van der Waals surface area contributed by atoms with Crippen molar-refractivity contribution >= 4 is 28.8 Å². The molecule has 1 aliphatic rings. The van der Waals surface area contributed by atoms with E-state index in [-0.39, 0.29) is 12.1 Å². The molecule has 2 heterocycles. The normalized spacial score (nSPS) is 15.7. The maximum absolute atomic E-state index is 12.3. The third-order valence-corrected chi connectivity index (χ3v) is 5.01. The van der Waals surface area contributed by atoms with Crippen molar-refractivity contribution in [3.8, 4) is 0 Å². The first-order chi connectivity index (χ1) is 15.2. The number of alkyl carbamates (subject to hydrolysis) is 1. The lowest BCUT2D eigenvalue weighted by molar-refractivity contribution is 0.0500. The number of nitrogens with zero attached hydrogens (tertiary/aromatic N) is 3. The molecule has 4 rings (SSSR count). The highest BCUT2D eigenvalue weighted by Gasteiger charge is 2.24. The molecule has 0 fully saturated rings. The SMILES string of the molecule is CC(C)(C)OC(=O)NC1CCc2ncc(NC(=O)NCc3ccc4nonc4c3)cc2C1. The minimum Gasteiger partial charge on any atom is -0.444 e. The number of hydrogen-bond donors (Lipinski definition) is 3. The van der Waals surface area contributed by atoms with Crippen LogP contribution in [0.25, 0.3) is 11.0 Å². The van der Waals surface area contributed by atoms with E-state index in [0.29, 0.717) is 29.7 Å². The maximum Gasteiger partial charge on any atom is 0.407 e. The number of anilines is 1. The number of ether oxygens (including phenoxy) is 1. The number of fused-ring (bicyclic) bond motifs is 2. The van der Waals surface area contributed by atoms with Crippen molar-refractivity contribution in [3.05, 3.63) is 47.3 Å². The summed E-state index contributed by atoms with van der Waals surface area (Å²) in [5.74, 6) is 0. The molecule has 32 heavy (non-hydrogen) atoms. The van der Waals surface area contributed by atoms with Crippen LogP contribution >= 0.6 is 0 Å². The quantitative estimate of drug-likeness (QED) is 0.569. The standard InChI is InChI=1S/C22H26N6O4/c1-22(2,3)31-21(30)26-15-5-7-17-14(9-15)10-16(12-23-17)25-20(29)24-11-13-4-6-18-19(8-13)28-32-27-18/h4,6,8,10,12,15H,5,7,9,11H2,1-3H3,(H,26,30)(H2,24,25,29). The molecule has 168 valence electrons. The summed E-state index contributed by atoms with van der Waals surface area (Å²) < 4.78 is 10.0. The summed E-state index contributed by atoms with van der Waals surface area (Å²) in [4.78, 5) is 28.9. The second-order valence-corrected chi connectivity index (χ2v) is 8.81. The van der Waals surface area contributed by atoms with E-state index in [0.717, 1.165) is 29.7 Å². The average Bonchev–Trinajstić information content (AvgIpc) is 3.18. The zero-order chi connectivity index (χ0) is 22.7. The number of benzene rings is 1. The predicted octanol–water partition coefficient (Wildman–Crippen LogP) is 3.32. The van der Waals surface area contributed by atoms with Crippen molar-refractivity contribution in [1.29, 1.82) is 0 Å². The second-order valence-electron chi connectivity index (χ2n) is 8.81. The molecular weight excluding hydrogens is 412 g/mol. The number of rotatable bonds is 4. The van der Waals surface area contributed by atoms with Gasteiger partial charge in [-0.05, 0) is 79.7 Å². The van der Waals surface area contributed by atoms with Crippen LogP contribution in [-0.2, 0) is 24.1 Å². The van der Waals surface area contributed by atoms with E-state index in [1.54, 1.807) is 12.3 Å². The van der Waals surface area contributed by atoms with Crippen molar-refractivity contribution in [2.24, 2.45) is 0 Å². The molecule has 3 N–H and O–H groups in total. The largest absolute Gasteiger partial charge is 0.444 e. The van der Waals surface area contributed by atoms with Crippen LogP contribution < -0.4 is 16.0 Å². The first-order valence-electron chi connectivity index (χ1n) is 10.5. The lowest BCUT2D eigenvalue weighted by atomic mass is 9.91. The number of nitrogens with one attached hydrogen (secondary N) is 3. The predicted molar refractivity (Wildman–Crippen MR) is 117 cm³/mol. The van der Waals surface area contributed by atoms with E-state index in [9.17, 15) is 9.59 Å². The summed E-state index contributed by atoms with van der Waals surface area (Å²) in [6.07, 6.45) is 3.39. The van der Waals surface area contributed by atoms with Crippen LogP contribution in [0.2, 0.25) is 0 Å². The molecule has 0 spiro atoms. The highest BCUT2D eigenvalue weighted by atomic mass is 16.6. The molecule has 0 saturated heterocycles. The van der Waals surface area contributed by atoms with E-state index >= 15 is 0 Å². The molecule has 10 nitrogen and oxygen atoms in total. The third-order valence-electron chi connectivity index (χ3n) is 5.01. The van der Waals surface area contributed by atoms with Gasteiger partial charge in [0.1, 0.15) is 16.6 Å². The lowest BCUT2D eigenvalue weighted by Gasteiger charge is -2.27. The first kappa shape index (κ1) is 21.5. The number of pyridine rings is 1. The molecule has 1 unspecified atom stereocenters. The number of hydrogen-bond acceptors (Lipinski definition) is 7. The molecule has 1 atom stereocenters. The molecule has 2 aromatic heterocycles. The smallest absolute Gasteiger partial charge is 0.407 e. The highest BCUT2D eigenvalue weighted by Crippen LogP contribution is 2.23. The van der Waals surface area contributed by atoms with E-state index < -0.39 is 11.7 Å². The van der Waals surface area contributed by atoms with Gasteiger partial charge in [-0.1, -0.05) is 6.07 Å². The fourth-order valence-electron chi connectivity index (χ4n) is 3.58. The molecule has 1 aromatic carbocycles. The summed E-state index contributed by atoms with van der Waals surface area (Å²) in [6.45, 7) is 5.83. The molecule has 3 aromatic rings. The lowest BCUT2D eigenvalue weighted by Crippen LogP contribution is -2.42. The van der Waals surface area contributed by atoms with Gasteiger partial charge in [0.05, 0.1) is 11.9 Å². The first-order valence-corrected chi connectivity index (χ1v) is 10.5. The maximum atomic E-state index is 12.3. The molecule has 1 aliphatic carbocycles. The van der Waals surface area contributed by atoms with Gasteiger partial charge in [-0.25, -0.2) is 14.2 Å². The van der Waals surface area contributed by atoms with Gasteiger partial charge in [0.25, 0.3) is 0 Å². The van der Waals surface area contributed by atoms with Crippen LogP contribution in [0.1, 0.15) is 44.0 Å². The molecule has 10 heteroatoms.